The van der Waals surface area contributed by atoms with Crippen LogP contribution in [-0.4, -0.2) is 44.7 Å². The van der Waals surface area contributed by atoms with Gasteiger partial charge in [0.1, 0.15) is 5.75 Å². The second-order valence-corrected chi connectivity index (χ2v) is 6.69. The van der Waals surface area contributed by atoms with Crippen molar-refractivity contribution in [3.05, 3.63) is 29.8 Å². The summed E-state index contributed by atoms with van der Waals surface area (Å²) in [6.07, 6.45) is -2.27. The SMILES string of the molecule is O=C(CSc1nnnn1C1CC1)NCc1ccc(OCC(F)(F)F)cc1. The van der Waals surface area contributed by atoms with E-state index in [1.165, 1.54) is 23.9 Å². The number of nitrogens with zero attached hydrogens (tertiary/aromatic N) is 4. The summed E-state index contributed by atoms with van der Waals surface area (Å²) in [5, 5.41) is 14.8. The number of ether oxygens (including phenoxy) is 1. The summed E-state index contributed by atoms with van der Waals surface area (Å²) in [4.78, 5) is 11.9. The zero-order chi connectivity index (χ0) is 18.6. The molecular weight excluding hydrogens is 371 g/mol. The maximum absolute atomic E-state index is 12.1. The molecule has 1 N–H and O–H groups in total. The van der Waals surface area contributed by atoms with Crippen LogP contribution in [0.1, 0.15) is 24.4 Å². The van der Waals surface area contributed by atoms with Crippen LogP contribution in [0, 0.1) is 0 Å². The lowest BCUT2D eigenvalue weighted by atomic mass is 10.2. The van der Waals surface area contributed by atoms with Crippen molar-refractivity contribution in [1.82, 2.24) is 25.5 Å². The van der Waals surface area contributed by atoms with E-state index in [-0.39, 0.29) is 24.0 Å². The van der Waals surface area contributed by atoms with Gasteiger partial charge in [-0.05, 0) is 41.0 Å². The highest BCUT2D eigenvalue weighted by Crippen LogP contribution is 2.36. The summed E-state index contributed by atoms with van der Waals surface area (Å²) >= 11 is 1.26. The molecule has 1 saturated carbocycles. The molecule has 1 aliphatic rings. The molecule has 1 fully saturated rings. The summed E-state index contributed by atoms with van der Waals surface area (Å²) < 4.78 is 42.6. The van der Waals surface area contributed by atoms with E-state index in [2.05, 4.69) is 25.6 Å². The van der Waals surface area contributed by atoms with Gasteiger partial charge in [0.05, 0.1) is 11.8 Å². The van der Waals surface area contributed by atoms with Crippen LogP contribution >= 0.6 is 11.8 Å². The van der Waals surface area contributed by atoms with Crippen molar-refractivity contribution < 1.29 is 22.7 Å². The summed E-state index contributed by atoms with van der Waals surface area (Å²) in [5.41, 5.74) is 0.755. The Morgan fingerprint density at radius 2 is 2.04 bits per heavy atom. The van der Waals surface area contributed by atoms with E-state index in [1.54, 1.807) is 16.8 Å². The van der Waals surface area contributed by atoms with Crippen molar-refractivity contribution in [2.24, 2.45) is 0 Å². The van der Waals surface area contributed by atoms with Crippen LogP contribution in [-0.2, 0) is 11.3 Å². The van der Waals surface area contributed by atoms with Crippen LogP contribution in [0.2, 0.25) is 0 Å². The van der Waals surface area contributed by atoms with Gasteiger partial charge in [-0.25, -0.2) is 4.68 Å². The first-order valence-electron chi connectivity index (χ1n) is 7.86. The van der Waals surface area contributed by atoms with Gasteiger partial charge in [-0.15, -0.1) is 5.10 Å². The van der Waals surface area contributed by atoms with Gasteiger partial charge < -0.3 is 10.1 Å². The van der Waals surface area contributed by atoms with Crippen molar-refractivity contribution in [2.45, 2.75) is 36.8 Å². The molecule has 140 valence electrons. The molecule has 1 heterocycles. The van der Waals surface area contributed by atoms with Crippen molar-refractivity contribution >= 4 is 17.7 Å². The molecule has 0 unspecified atom stereocenters. The molecule has 0 radical (unpaired) electrons. The summed E-state index contributed by atoms with van der Waals surface area (Å²) in [6.45, 7) is -1.06. The number of hydrogen-bond donors (Lipinski definition) is 1. The zero-order valence-electron chi connectivity index (χ0n) is 13.6. The second-order valence-electron chi connectivity index (χ2n) is 5.75. The van der Waals surface area contributed by atoms with E-state index < -0.39 is 12.8 Å². The number of amides is 1. The number of carbonyl (C=O) groups is 1. The minimum absolute atomic E-state index is 0.125. The Morgan fingerprint density at radius 3 is 2.69 bits per heavy atom. The van der Waals surface area contributed by atoms with Crippen molar-refractivity contribution in [3.63, 3.8) is 0 Å². The Labute approximate surface area is 151 Å². The monoisotopic (exact) mass is 387 g/mol. The minimum atomic E-state index is -4.37. The summed E-state index contributed by atoms with van der Waals surface area (Å²) in [7, 11) is 0. The van der Waals surface area contributed by atoms with Gasteiger partial charge in [-0.2, -0.15) is 13.2 Å². The van der Waals surface area contributed by atoms with E-state index >= 15 is 0 Å². The topological polar surface area (TPSA) is 81.9 Å². The number of nitrogens with one attached hydrogen (secondary N) is 1. The van der Waals surface area contributed by atoms with Crippen molar-refractivity contribution in [2.75, 3.05) is 12.4 Å². The number of alkyl halides is 3. The van der Waals surface area contributed by atoms with Crippen molar-refractivity contribution in [1.29, 1.82) is 0 Å². The number of benzene rings is 1. The predicted molar refractivity (Wildman–Crippen MR) is 86.7 cm³/mol. The molecule has 2 aromatic rings. The predicted octanol–water partition coefficient (Wildman–Crippen LogP) is 2.36. The van der Waals surface area contributed by atoms with Crippen molar-refractivity contribution in [3.8, 4) is 5.75 Å². The molecule has 3 rings (SSSR count). The fraction of sp³-hybridized carbons (Fsp3) is 0.467. The Hall–Kier alpha value is -2.30. The lowest BCUT2D eigenvalue weighted by molar-refractivity contribution is -0.153. The van der Waals surface area contributed by atoms with Gasteiger partial charge in [-0.3, -0.25) is 4.79 Å². The quantitative estimate of drug-likeness (QED) is 0.701. The van der Waals surface area contributed by atoms with Crippen LogP contribution in [0.15, 0.2) is 29.4 Å². The molecule has 0 atom stereocenters. The third-order valence-corrected chi connectivity index (χ3v) is 4.44. The van der Waals surface area contributed by atoms with Crippen LogP contribution in [0.5, 0.6) is 5.75 Å². The third kappa shape index (κ3) is 5.61. The number of aromatic nitrogens is 4. The fourth-order valence-corrected chi connectivity index (χ4v) is 2.85. The van der Waals surface area contributed by atoms with Crippen LogP contribution < -0.4 is 10.1 Å². The highest BCUT2D eigenvalue weighted by atomic mass is 32.2. The first kappa shape index (κ1) is 18.5. The normalized spacial score (nSPS) is 14.3. The Morgan fingerprint density at radius 1 is 1.31 bits per heavy atom. The van der Waals surface area contributed by atoms with E-state index in [9.17, 15) is 18.0 Å². The van der Waals surface area contributed by atoms with Gasteiger partial charge in [0.25, 0.3) is 0 Å². The molecule has 1 amide bonds. The molecule has 7 nitrogen and oxygen atoms in total. The number of rotatable bonds is 8. The number of carbonyl (C=O) groups excluding carboxylic acids is 1. The average Bonchev–Trinajstić information content (AvgIpc) is 3.34. The zero-order valence-corrected chi connectivity index (χ0v) is 14.4. The smallest absolute Gasteiger partial charge is 0.422 e. The van der Waals surface area contributed by atoms with E-state index in [0.717, 1.165) is 18.4 Å². The molecule has 0 spiro atoms. The fourth-order valence-electron chi connectivity index (χ4n) is 2.08. The molecule has 11 heteroatoms. The van der Waals surface area contributed by atoms with Gasteiger partial charge >= 0.3 is 6.18 Å². The summed E-state index contributed by atoms with van der Waals surface area (Å²) in [6, 6.07) is 6.42. The average molecular weight is 387 g/mol. The molecule has 1 aromatic carbocycles. The minimum Gasteiger partial charge on any atom is -0.484 e. The Kier molecular flexibility index (Phi) is 5.64. The van der Waals surface area contributed by atoms with E-state index in [4.69, 9.17) is 0 Å². The molecule has 0 aliphatic heterocycles. The van der Waals surface area contributed by atoms with Crippen LogP contribution in [0.4, 0.5) is 13.2 Å². The van der Waals surface area contributed by atoms with Gasteiger partial charge in [0, 0.05) is 6.54 Å². The maximum Gasteiger partial charge on any atom is 0.422 e. The standard InChI is InChI=1S/C15H16F3N5O2S/c16-15(17,18)9-25-12-5-1-10(2-6-12)7-19-13(24)8-26-14-20-21-22-23(14)11-3-4-11/h1-2,5-6,11H,3-4,7-9H2,(H,19,24). The molecule has 0 saturated heterocycles. The maximum atomic E-state index is 12.1. The molecular formula is C15H16F3N5O2S. The van der Waals surface area contributed by atoms with E-state index in [1.807, 2.05) is 0 Å². The van der Waals surface area contributed by atoms with Gasteiger partial charge in [-0.1, -0.05) is 23.9 Å². The van der Waals surface area contributed by atoms with Crippen LogP contribution in [0.25, 0.3) is 0 Å². The molecule has 1 aromatic heterocycles. The van der Waals surface area contributed by atoms with Crippen LogP contribution in [0.3, 0.4) is 0 Å². The highest BCUT2D eigenvalue weighted by molar-refractivity contribution is 7.99. The lowest BCUT2D eigenvalue weighted by Crippen LogP contribution is -2.24. The number of hydrogen-bond acceptors (Lipinski definition) is 6. The van der Waals surface area contributed by atoms with Gasteiger partial charge in [0.2, 0.25) is 11.1 Å². The molecule has 1 aliphatic carbocycles. The Balaban J connectivity index is 1.40. The highest BCUT2D eigenvalue weighted by Gasteiger charge is 2.29. The first-order valence-corrected chi connectivity index (χ1v) is 8.85. The van der Waals surface area contributed by atoms with E-state index in [0.29, 0.717) is 11.2 Å². The first-order chi connectivity index (χ1) is 12.4. The summed E-state index contributed by atoms with van der Waals surface area (Å²) in [5.74, 6) is 0.123. The molecule has 0 bridgehead atoms. The second kappa shape index (κ2) is 7.94. The molecule has 26 heavy (non-hydrogen) atoms. The number of halogens is 3. The number of thioether (sulfide) groups is 1. The Bertz CT molecular complexity index is 746. The third-order valence-electron chi connectivity index (χ3n) is 3.50. The number of tetrazole rings is 1. The largest absolute Gasteiger partial charge is 0.484 e. The lowest BCUT2D eigenvalue weighted by Gasteiger charge is -2.10. The van der Waals surface area contributed by atoms with Gasteiger partial charge in [0.15, 0.2) is 6.61 Å².